The minimum absolute atomic E-state index is 0.461. The van der Waals surface area contributed by atoms with Crippen LogP contribution in [0, 0.1) is 0 Å². The number of carboxylic acids is 1. The molecular formula is C15H28O3. The van der Waals surface area contributed by atoms with Gasteiger partial charge in [-0.2, -0.15) is 0 Å². The van der Waals surface area contributed by atoms with E-state index in [-0.39, 0.29) is 0 Å². The van der Waals surface area contributed by atoms with E-state index in [0.717, 1.165) is 6.42 Å². The van der Waals surface area contributed by atoms with Crippen LogP contribution in [0.25, 0.3) is 0 Å². The van der Waals surface area contributed by atoms with Crippen molar-refractivity contribution in [2.24, 2.45) is 0 Å². The Labute approximate surface area is 111 Å². The molecule has 0 saturated carbocycles. The number of hydrogen-bond donors (Lipinski definition) is 1. The van der Waals surface area contributed by atoms with Gasteiger partial charge >= 0.3 is 5.97 Å². The predicted octanol–water partition coefficient (Wildman–Crippen LogP) is 4.17. The SMILES string of the molecule is CCCCCCCCC/C=C/CC(OC)C(=O)O. The largest absolute Gasteiger partial charge is 0.479 e. The minimum atomic E-state index is -0.891. The van der Waals surface area contributed by atoms with Gasteiger partial charge in [-0.3, -0.25) is 0 Å². The Morgan fingerprint density at radius 3 is 2.28 bits per heavy atom. The number of ether oxygens (including phenoxy) is 1. The molecule has 0 aliphatic heterocycles. The molecule has 0 spiro atoms. The zero-order valence-electron chi connectivity index (χ0n) is 11.9. The summed E-state index contributed by atoms with van der Waals surface area (Å²) in [4.78, 5) is 10.7. The quantitative estimate of drug-likeness (QED) is 0.421. The Hall–Kier alpha value is -0.830. The van der Waals surface area contributed by atoms with Crippen molar-refractivity contribution in [3.8, 4) is 0 Å². The number of allylic oxidation sites excluding steroid dienone is 1. The van der Waals surface area contributed by atoms with Gasteiger partial charge in [-0.15, -0.1) is 0 Å². The zero-order chi connectivity index (χ0) is 13.6. The molecule has 0 radical (unpaired) electrons. The van der Waals surface area contributed by atoms with Gasteiger partial charge in [-0.1, -0.05) is 57.6 Å². The lowest BCUT2D eigenvalue weighted by molar-refractivity contribution is -0.148. The second-order valence-corrected chi connectivity index (χ2v) is 4.68. The summed E-state index contributed by atoms with van der Waals surface area (Å²) in [5, 5.41) is 8.76. The lowest BCUT2D eigenvalue weighted by atomic mass is 10.1. The molecule has 0 fully saturated rings. The van der Waals surface area contributed by atoms with Gasteiger partial charge in [0.05, 0.1) is 0 Å². The lowest BCUT2D eigenvalue weighted by Crippen LogP contribution is -2.21. The third-order valence-corrected chi connectivity index (χ3v) is 3.05. The molecular weight excluding hydrogens is 228 g/mol. The van der Waals surface area contributed by atoms with E-state index in [2.05, 4.69) is 13.0 Å². The van der Waals surface area contributed by atoms with Crippen LogP contribution in [0.2, 0.25) is 0 Å². The Morgan fingerprint density at radius 1 is 1.11 bits per heavy atom. The topological polar surface area (TPSA) is 46.5 Å². The van der Waals surface area contributed by atoms with E-state index in [0.29, 0.717) is 6.42 Å². The molecule has 0 aromatic heterocycles. The molecule has 0 bridgehead atoms. The molecule has 18 heavy (non-hydrogen) atoms. The third-order valence-electron chi connectivity index (χ3n) is 3.05. The highest BCUT2D eigenvalue weighted by molar-refractivity contribution is 5.72. The smallest absolute Gasteiger partial charge is 0.333 e. The fraction of sp³-hybridized carbons (Fsp3) is 0.800. The molecule has 3 heteroatoms. The maximum Gasteiger partial charge on any atom is 0.333 e. The maximum atomic E-state index is 10.7. The summed E-state index contributed by atoms with van der Waals surface area (Å²) >= 11 is 0. The van der Waals surface area contributed by atoms with Crippen LogP contribution < -0.4 is 0 Å². The highest BCUT2D eigenvalue weighted by Gasteiger charge is 2.13. The minimum Gasteiger partial charge on any atom is -0.479 e. The Balaban J connectivity index is 3.35. The summed E-state index contributed by atoms with van der Waals surface area (Å²) in [5.41, 5.74) is 0. The van der Waals surface area contributed by atoms with E-state index in [9.17, 15) is 4.79 Å². The van der Waals surface area contributed by atoms with Gasteiger partial charge < -0.3 is 9.84 Å². The molecule has 0 aliphatic carbocycles. The summed E-state index contributed by atoms with van der Waals surface area (Å²) in [5.74, 6) is -0.891. The third kappa shape index (κ3) is 10.3. The summed E-state index contributed by atoms with van der Waals surface area (Å²) in [7, 11) is 1.43. The van der Waals surface area contributed by atoms with Gasteiger partial charge in [-0.05, 0) is 12.8 Å². The second kappa shape index (κ2) is 12.6. The van der Waals surface area contributed by atoms with Gasteiger partial charge in [0, 0.05) is 13.5 Å². The average molecular weight is 256 g/mol. The van der Waals surface area contributed by atoms with Crippen LogP contribution in [-0.4, -0.2) is 24.3 Å². The van der Waals surface area contributed by atoms with Crippen LogP contribution in [0.1, 0.15) is 64.7 Å². The van der Waals surface area contributed by atoms with Crippen LogP contribution in [0.5, 0.6) is 0 Å². The molecule has 0 aliphatic rings. The van der Waals surface area contributed by atoms with E-state index in [1.807, 2.05) is 6.08 Å². The highest BCUT2D eigenvalue weighted by Crippen LogP contribution is 2.09. The van der Waals surface area contributed by atoms with Crippen molar-refractivity contribution in [2.75, 3.05) is 7.11 Å². The fourth-order valence-electron chi connectivity index (χ4n) is 1.85. The molecule has 0 amide bonds. The molecule has 1 atom stereocenters. The molecule has 3 nitrogen and oxygen atoms in total. The second-order valence-electron chi connectivity index (χ2n) is 4.68. The maximum absolute atomic E-state index is 10.7. The van der Waals surface area contributed by atoms with Crippen LogP contribution in [-0.2, 0) is 9.53 Å². The molecule has 106 valence electrons. The Kier molecular flexibility index (Phi) is 12.0. The van der Waals surface area contributed by atoms with Crippen molar-refractivity contribution in [1.82, 2.24) is 0 Å². The molecule has 0 saturated heterocycles. The Morgan fingerprint density at radius 2 is 1.72 bits per heavy atom. The number of rotatable bonds is 12. The van der Waals surface area contributed by atoms with Crippen LogP contribution in [0.4, 0.5) is 0 Å². The molecule has 1 unspecified atom stereocenters. The average Bonchev–Trinajstić information content (AvgIpc) is 2.35. The molecule has 0 aromatic carbocycles. The Bertz CT molecular complexity index is 224. The molecule has 0 aromatic rings. The van der Waals surface area contributed by atoms with E-state index >= 15 is 0 Å². The monoisotopic (exact) mass is 256 g/mol. The van der Waals surface area contributed by atoms with Gasteiger partial charge in [0.15, 0.2) is 6.10 Å². The normalized spacial score (nSPS) is 13.0. The summed E-state index contributed by atoms with van der Waals surface area (Å²) < 4.78 is 4.84. The molecule has 1 N–H and O–H groups in total. The van der Waals surface area contributed by atoms with Gasteiger partial charge in [0.25, 0.3) is 0 Å². The zero-order valence-corrected chi connectivity index (χ0v) is 11.9. The van der Waals surface area contributed by atoms with E-state index in [1.54, 1.807) is 0 Å². The summed E-state index contributed by atoms with van der Waals surface area (Å²) in [6.45, 7) is 2.23. The summed E-state index contributed by atoms with van der Waals surface area (Å²) in [6.07, 6.45) is 14.0. The number of aliphatic carboxylic acids is 1. The number of hydrogen-bond acceptors (Lipinski definition) is 2. The molecule has 0 rings (SSSR count). The highest BCUT2D eigenvalue weighted by atomic mass is 16.5. The van der Waals surface area contributed by atoms with Crippen LogP contribution in [0.15, 0.2) is 12.2 Å². The lowest BCUT2D eigenvalue weighted by Gasteiger charge is -2.06. The van der Waals surface area contributed by atoms with Crippen LogP contribution in [0.3, 0.4) is 0 Å². The predicted molar refractivity (Wildman–Crippen MR) is 74.8 cm³/mol. The first-order valence-corrected chi connectivity index (χ1v) is 7.13. The summed E-state index contributed by atoms with van der Waals surface area (Å²) in [6, 6.07) is 0. The number of carboxylic acid groups (broad SMARTS) is 1. The van der Waals surface area contributed by atoms with E-state index in [4.69, 9.17) is 9.84 Å². The van der Waals surface area contributed by atoms with Crippen molar-refractivity contribution >= 4 is 5.97 Å². The molecule has 0 heterocycles. The fourth-order valence-corrected chi connectivity index (χ4v) is 1.85. The first-order valence-electron chi connectivity index (χ1n) is 7.13. The van der Waals surface area contributed by atoms with Gasteiger partial charge in [-0.25, -0.2) is 4.79 Å². The first kappa shape index (κ1) is 17.2. The van der Waals surface area contributed by atoms with Gasteiger partial charge in [0.1, 0.15) is 0 Å². The first-order chi connectivity index (χ1) is 8.72. The van der Waals surface area contributed by atoms with Crippen molar-refractivity contribution < 1.29 is 14.6 Å². The standard InChI is InChI=1S/C15H28O3/c1-3-4-5-6-7-8-9-10-11-12-13-14(18-2)15(16)17/h11-12,14H,3-10,13H2,1-2H3,(H,16,17)/b12-11+. The van der Waals surface area contributed by atoms with E-state index in [1.165, 1.54) is 52.1 Å². The van der Waals surface area contributed by atoms with Gasteiger partial charge in [0.2, 0.25) is 0 Å². The van der Waals surface area contributed by atoms with Crippen molar-refractivity contribution in [3.63, 3.8) is 0 Å². The van der Waals surface area contributed by atoms with Crippen molar-refractivity contribution in [1.29, 1.82) is 0 Å². The van der Waals surface area contributed by atoms with Crippen molar-refractivity contribution in [2.45, 2.75) is 70.8 Å². The van der Waals surface area contributed by atoms with Crippen molar-refractivity contribution in [3.05, 3.63) is 12.2 Å². The number of carbonyl (C=O) groups is 1. The van der Waals surface area contributed by atoms with E-state index < -0.39 is 12.1 Å². The number of methoxy groups -OCH3 is 1. The number of unbranched alkanes of at least 4 members (excludes halogenated alkanes) is 7. The van der Waals surface area contributed by atoms with Crippen LogP contribution >= 0.6 is 0 Å².